The second kappa shape index (κ2) is 3.87. The SMILES string of the molecule is Cn1ncc2c1NC(=O)C[C@H]2c1ccc(O)cc1. The van der Waals surface area contributed by atoms with Crippen LogP contribution in [0.5, 0.6) is 5.75 Å². The second-order valence-corrected chi connectivity index (χ2v) is 4.47. The number of amides is 1. The first-order valence-corrected chi connectivity index (χ1v) is 5.76. The molecular weight excluding hydrogens is 230 g/mol. The van der Waals surface area contributed by atoms with Gasteiger partial charge >= 0.3 is 0 Å². The second-order valence-electron chi connectivity index (χ2n) is 4.47. The fourth-order valence-corrected chi connectivity index (χ4v) is 2.35. The molecule has 0 aliphatic carbocycles. The molecule has 1 amide bonds. The van der Waals surface area contributed by atoms with Gasteiger partial charge in [0.25, 0.3) is 0 Å². The number of nitrogens with zero attached hydrogens (tertiary/aromatic N) is 2. The normalized spacial score (nSPS) is 18.3. The molecule has 0 spiro atoms. The van der Waals surface area contributed by atoms with E-state index in [9.17, 15) is 9.90 Å². The first-order chi connectivity index (χ1) is 8.65. The Balaban J connectivity index is 2.07. The monoisotopic (exact) mass is 243 g/mol. The molecule has 0 bridgehead atoms. The lowest BCUT2D eigenvalue weighted by atomic mass is 9.87. The summed E-state index contributed by atoms with van der Waals surface area (Å²) in [4.78, 5) is 11.7. The molecule has 1 aromatic carbocycles. The molecule has 1 aliphatic heterocycles. The number of nitrogens with one attached hydrogen (secondary N) is 1. The average molecular weight is 243 g/mol. The van der Waals surface area contributed by atoms with Crippen LogP contribution in [-0.4, -0.2) is 20.8 Å². The first-order valence-electron chi connectivity index (χ1n) is 5.76. The summed E-state index contributed by atoms with van der Waals surface area (Å²) in [5, 5.41) is 16.3. The molecule has 0 radical (unpaired) electrons. The summed E-state index contributed by atoms with van der Waals surface area (Å²) >= 11 is 0. The van der Waals surface area contributed by atoms with Crippen molar-refractivity contribution in [2.45, 2.75) is 12.3 Å². The predicted octanol–water partition coefficient (Wildman–Crippen LogP) is 1.60. The third-order valence-electron chi connectivity index (χ3n) is 3.29. The summed E-state index contributed by atoms with van der Waals surface area (Å²) in [5.41, 5.74) is 2.03. The highest BCUT2D eigenvalue weighted by atomic mass is 16.3. The average Bonchev–Trinajstić information content (AvgIpc) is 2.71. The minimum atomic E-state index is -0.0100. The van der Waals surface area contributed by atoms with Gasteiger partial charge in [0.2, 0.25) is 5.91 Å². The highest BCUT2D eigenvalue weighted by Gasteiger charge is 2.29. The Kier molecular flexibility index (Phi) is 2.33. The lowest BCUT2D eigenvalue weighted by Gasteiger charge is -2.23. The maximum absolute atomic E-state index is 11.7. The van der Waals surface area contributed by atoms with Crippen LogP contribution in [0.15, 0.2) is 30.5 Å². The summed E-state index contributed by atoms with van der Waals surface area (Å²) in [6.45, 7) is 0. The summed E-state index contributed by atoms with van der Waals surface area (Å²) in [7, 11) is 1.80. The van der Waals surface area contributed by atoms with Crippen molar-refractivity contribution in [2.24, 2.45) is 7.05 Å². The number of aryl methyl sites for hydroxylation is 1. The van der Waals surface area contributed by atoms with Gasteiger partial charge in [-0.3, -0.25) is 9.48 Å². The number of anilines is 1. The van der Waals surface area contributed by atoms with Gasteiger partial charge in [0, 0.05) is 24.9 Å². The Morgan fingerprint density at radius 2 is 2.11 bits per heavy atom. The molecule has 0 saturated carbocycles. The van der Waals surface area contributed by atoms with E-state index in [2.05, 4.69) is 10.4 Å². The quantitative estimate of drug-likeness (QED) is 0.799. The summed E-state index contributed by atoms with van der Waals surface area (Å²) in [5.74, 6) is 0.974. The van der Waals surface area contributed by atoms with Crippen molar-refractivity contribution >= 4 is 11.7 Å². The van der Waals surface area contributed by atoms with E-state index in [0.717, 1.165) is 16.9 Å². The smallest absolute Gasteiger partial charge is 0.226 e. The Bertz CT molecular complexity index is 601. The van der Waals surface area contributed by atoms with Crippen LogP contribution >= 0.6 is 0 Å². The molecule has 18 heavy (non-hydrogen) atoms. The zero-order valence-electron chi connectivity index (χ0n) is 9.92. The van der Waals surface area contributed by atoms with Gasteiger partial charge in [0.1, 0.15) is 11.6 Å². The fraction of sp³-hybridized carbons (Fsp3) is 0.231. The Hall–Kier alpha value is -2.30. The predicted molar refractivity (Wildman–Crippen MR) is 66.4 cm³/mol. The third-order valence-corrected chi connectivity index (χ3v) is 3.29. The molecule has 2 heterocycles. The number of carbonyl (C=O) groups is 1. The van der Waals surface area contributed by atoms with Crippen molar-refractivity contribution in [1.29, 1.82) is 0 Å². The molecule has 1 atom stereocenters. The number of phenols is 1. The van der Waals surface area contributed by atoms with E-state index in [1.54, 1.807) is 30.1 Å². The lowest BCUT2D eigenvalue weighted by molar-refractivity contribution is -0.116. The summed E-state index contributed by atoms with van der Waals surface area (Å²) in [6.07, 6.45) is 2.19. The zero-order chi connectivity index (χ0) is 12.7. The van der Waals surface area contributed by atoms with Crippen molar-refractivity contribution in [1.82, 2.24) is 9.78 Å². The number of phenolic OH excluding ortho intramolecular Hbond substituents is 1. The molecule has 92 valence electrons. The van der Waals surface area contributed by atoms with Crippen molar-refractivity contribution in [3.05, 3.63) is 41.6 Å². The molecule has 0 fully saturated rings. The number of fused-ring (bicyclic) bond motifs is 1. The van der Waals surface area contributed by atoms with E-state index in [-0.39, 0.29) is 17.6 Å². The van der Waals surface area contributed by atoms with Crippen LogP contribution in [0, 0.1) is 0 Å². The number of hydrogen-bond donors (Lipinski definition) is 2. The molecule has 3 rings (SSSR count). The molecule has 1 aromatic heterocycles. The van der Waals surface area contributed by atoms with Gasteiger partial charge < -0.3 is 10.4 Å². The van der Waals surface area contributed by atoms with Crippen LogP contribution in [0.1, 0.15) is 23.5 Å². The van der Waals surface area contributed by atoms with Gasteiger partial charge in [-0.05, 0) is 17.7 Å². The van der Waals surface area contributed by atoms with Gasteiger partial charge in [0.15, 0.2) is 0 Å². The number of aromatic nitrogens is 2. The first kappa shape index (κ1) is 10.8. The molecule has 0 saturated heterocycles. The number of benzene rings is 1. The maximum Gasteiger partial charge on any atom is 0.226 e. The van der Waals surface area contributed by atoms with Gasteiger partial charge in [0.05, 0.1) is 6.20 Å². The van der Waals surface area contributed by atoms with Crippen molar-refractivity contribution in [3.8, 4) is 5.75 Å². The van der Waals surface area contributed by atoms with Gasteiger partial charge in [-0.2, -0.15) is 5.10 Å². The van der Waals surface area contributed by atoms with E-state index < -0.39 is 0 Å². The number of aromatic hydroxyl groups is 1. The Morgan fingerprint density at radius 3 is 2.83 bits per heavy atom. The number of carbonyl (C=O) groups excluding carboxylic acids is 1. The van der Waals surface area contributed by atoms with Gasteiger partial charge in [-0.15, -0.1) is 0 Å². The van der Waals surface area contributed by atoms with Crippen molar-refractivity contribution < 1.29 is 9.90 Å². The molecule has 0 unspecified atom stereocenters. The Morgan fingerprint density at radius 1 is 1.39 bits per heavy atom. The van der Waals surface area contributed by atoms with Crippen molar-refractivity contribution in [3.63, 3.8) is 0 Å². The maximum atomic E-state index is 11.7. The largest absolute Gasteiger partial charge is 0.508 e. The van der Waals surface area contributed by atoms with E-state index in [0.29, 0.717) is 6.42 Å². The van der Waals surface area contributed by atoms with Crippen LogP contribution in [-0.2, 0) is 11.8 Å². The van der Waals surface area contributed by atoms with Crippen molar-refractivity contribution in [2.75, 3.05) is 5.32 Å². The summed E-state index contributed by atoms with van der Waals surface area (Å²) < 4.78 is 1.67. The van der Waals surface area contributed by atoms with Gasteiger partial charge in [-0.1, -0.05) is 12.1 Å². The highest BCUT2D eigenvalue weighted by molar-refractivity contribution is 5.94. The summed E-state index contributed by atoms with van der Waals surface area (Å²) in [6, 6.07) is 6.96. The van der Waals surface area contributed by atoms with Crippen LogP contribution in [0.3, 0.4) is 0 Å². The minimum absolute atomic E-state index is 0.00282. The number of rotatable bonds is 1. The van der Waals surface area contributed by atoms with Crippen LogP contribution < -0.4 is 5.32 Å². The third kappa shape index (κ3) is 1.64. The molecule has 2 aromatic rings. The highest BCUT2D eigenvalue weighted by Crippen LogP contribution is 2.36. The molecular formula is C13H13N3O2. The topological polar surface area (TPSA) is 67.2 Å². The molecule has 1 aliphatic rings. The number of hydrogen-bond acceptors (Lipinski definition) is 3. The van der Waals surface area contributed by atoms with Crippen LogP contribution in [0.2, 0.25) is 0 Å². The fourth-order valence-electron chi connectivity index (χ4n) is 2.35. The molecule has 5 heteroatoms. The zero-order valence-corrected chi connectivity index (χ0v) is 9.92. The minimum Gasteiger partial charge on any atom is -0.508 e. The van der Waals surface area contributed by atoms with E-state index in [4.69, 9.17) is 0 Å². The van der Waals surface area contributed by atoms with E-state index in [1.165, 1.54) is 0 Å². The Labute approximate surface area is 104 Å². The van der Waals surface area contributed by atoms with E-state index in [1.807, 2.05) is 12.1 Å². The van der Waals surface area contributed by atoms with Crippen LogP contribution in [0.4, 0.5) is 5.82 Å². The van der Waals surface area contributed by atoms with Gasteiger partial charge in [-0.25, -0.2) is 0 Å². The molecule has 2 N–H and O–H groups in total. The lowest BCUT2D eigenvalue weighted by Crippen LogP contribution is -2.24. The van der Waals surface area contributed by atoms with Crippen LogP contribution in [0.25, 0.3) is 0 Å². The standard InChI is InChI=1S/C13H13N3O2/c1-16-13-11(7-14-16)10(6-12(18)15-13)8-2-4-9(17)5-3-8/h2-5,7,10,17H,6H2,1H3,(H,15,18)/t10-/m0/s1. The van der Waals surface area contributed by atoms with E-state index >= 15 is 0 Å². The molecule has 5 nitrogen and oxygen atoms in total.